The molecule has 0 aliphatic heterocycles. The fourth-order valence-electron chi connectivity index (χ4n) is 2.83. The molecular weight excluding hydrogens is 399 g/mol. The maximum absolute atomic E-state index is 12.7. The number of anilines is 1. The number of hydrogen-bond donors (Lipinski definition) is 0. The molecule has 0 N–H and O–H groups in total. The molecule has 0 fully saturated rings. The number of rotatable bonds is 5. The van der Waals surface area contributed by atoms with Gasteiger partial charge in [0.15, 0.2) is 0 Å². The minimum atomic E-state index is -5.82. The second-order valence-corrected chi connectivity index (χ2v) is 7.46. The molecule has 3 aromatic rings. The van der Waals surface area contributed by atoms with Crippen molar-refractivity contribution in [3.05, 3.63) is 46.6 Å². The molecule has 28 heavy (non-hydrogen) atoms. The van der Waals surface area contributed by atoms with Crippen molar-refractivity contribution >= 4 is 37.7 Å². The van der Waals surface area contributed by atoms with E-state index in [4.69, 9.17) is 4.42 Å². The van der Waals surface area contributed by atoms with Crippen LogP contribution in [-0.2, 0) is 10.1 Å². The second-order valence-electron chi connectivity index (χ2n) is 5.93. The monoisotopic (exact) mass is 415 g/mol. The van der Waals surface area contributed by atoms with Gasteiger partial charge in [-0.05, 0) is 38.1 Å². The molecule has 1 aromatic heterocycles. The van der Waals surface area contributed by atoms with Crippen LogP contribution in [0.2, 0.25) is 0 Å². The topological polar surface area (TPSA) is 76.8 Å². The lowest BCUT2D eigenvalue weighted by molar-refractivity contribution is -0.0500. The molecule has 0 saturated carbocycles. The largest absolute Gasteiger partial charge is 0.534 e. The number of nitrogens with zero attached hydrogens (tertiary/aromatic N) is 1. The first-order valence-electron chi connectivity index (χ1n) is 8.33. The third-order valence-corrected chi connectivity index (χ3v) is 5.22. The highest BCUT2D eigenvalue weighted by atomic mass is 32.2. The first kappa shape index (κ1) is 20.0. The molecule has 0 radical (unpaired) electrons. The van der Waals surface area contributed by atoms with Gasteiger partial charge in [-0.3, -0.25) is 4.79 Å². The highest BCUT2D eigenvalue weighted by Gasteiger charge is 2.48. The molecule has 0 spiro atoms. The molecule has 0 saturated heterocycles. The minimum Gasteiger partial charge on any atom is -0.456 e. The van der Waals surface area contributed by atoms with Crippen LogP contribution in [0.25, 0.3) is 21.9 Å². The fraction of sp³-hybridized carbons (Fsp3) is 0.278. The lowest BCUT2D eigenvalue weighted by Gasteiger charge is -2.21. The Bertz CT molecular complexity index is 1200. The van der Waals surface area contributed by atoms with Crippen LogP contribution < -0.4 is 14.5 Å². The minimum absolute atomic E-state index is 0.0796. The Kier molecular flexibility index (Phi) is 5.00. The van der Waals surface area contributed by atoms with E-state index in [1.165, 1.54) is 6.07 Å². The van der Waals surface area contributed by atoms with Crippen LogP contribution in [0.5, 0.6) is 5.75 Å². The summed E-state index contributed by atoms with van der Waals surface area (Å²) in [5.74, 6) is -0.604. The van der Waals surface area contributed by atoms with Gasteiger partial charge < -0.3 is 13.5 Å². The van der Waals surface area contributed by atoms with Crippen LogP contribution in [0.1, 0.15) is 13.8 Å². The second kappa shape index (κ2) is 7.01. The number of benzene rings is 2. The van der Waals surface area contributed by atoms with E-state index in [2.05, 4.69) is 4.18 Å². The van der Waals surface area contributed by atoms with E-state index in [0.717, 1.165) is 30.9 Å². The summed E-state index contributed by atoms with van der Waals surface area (Å²) in [5, 5.41) is 0.403. The number of fused-ring (bicyclic) bond motifs is 2. The molecule has 0 aliphatic carbocycles. The Hall–Kier alpha value is -2.75. The van der Waals surface area contributed by atoms with Gasteiger partial charge in [0.05, 0.1) is 10.8 Å². The van der Waals surface area contributed by atoms with E-state index < -0.39 is 21.4 Å². The molecule has 2 aromatic carbocycles. The normalized spacial score (nSPS) is 12.5. The van der Waals surface area contributed by atoms with Gasteiger partial charge in [-0.2, -0.15) is 21.6 Å². The van der Waals surface area contributed by atoms with Gasteiger partial charge in [-0.25, -0.2) is 0 Å². The first-order chi connectivity index (χ1) is 13.1. The maximum Gasteiger partial charge on any atom is 0.534 e. The summed E-state index contributed by atoms with van der Waals surface area (Å²) in [4.78, 5) is 14.7. The van der Waals surface area contributed by atoms with Crippen molar-refractivity contribution in [1.82, 2.24) is 0 Å². The summed E-state index contributed by atoms with van der Waals surface area (Å²) >= 11 is 0. The van der Waals surface area contributed by atoms with Crippen molar-refractivity contribution in [2.75, 3.05) is 18.0 Å². The van der Waals surface area contributed by atoms with Crippen LogP contribution in [0.15, 0.2) is 45.6 Å². The van der Waals surface area contributed by atoms with Crippen LogP contribution in [0.4, 0.5) is 18.9 Å². The zero-order chi connectivity index (χ0) is 20.7. The highest BCUT2D eigenvalue weighted by molar-refractivity contribution is 7.88. The van der Waals surface area contributed by atoms with Gasteiger partial charge >= 0.3 is 15.6 Å². The van der Waals surface area contributed by atoms with E-state index >= 15 is 0 Å². The van der Waals surface area contributed by atoms with E-state index in [-0.39, 0.29) is 22.0 Å². The molecule has 10 heteroatoms. The zero-order valence-corrected chi connectivity index (χ0v) is 15.7. The highest BCUT2D eigenvalue weighted by Crippen LogP contribution is 2.30. The molecule has 6 nitrogen and oxygen atoms in total. The average molecular weight is 415 g/mol. The molecule has 0 bridgehead atoms. The van der Waals surface area contributed by atoms with Crippen molar-refractivity contribution in [3.8, 4) is 5.75 Å². The molecule has 0 unspecified atom stereocenters. The summed E-state index contributed by atoms with van der Waals surface area (Å²) in [5.41, 5.74) is -4.98. The van der Waals surface area contributed by atoms with Gasteiger partial charge in [-0.1, -0.05) is 0 Å². The predicted octanol–water partition coefficient (Wildman–Crippen LogP) is 4.02. The third-order valence-electron chi connectivity index (χ3n) is 4.25. The molecular formula is C18H16F3NO5S. The van der Waals surface area contributed by atoms with E-state index in [9.17, 15) is 26.4 Å². The lowest BCUT2D eigenvalue weighted by Crippen LogP contribution is -2.28. The van der Waals surface area contributed by atoms with Gasteiger partial charge in [-0.15, -0.1) is 0 Å². The van der Waals surface area contributed by atoms with Crippen molar-refractivity contribution < 1.29 is 30.2 Å². The summed E-state index contributed by atoms with van der Waals surface area (Å²) in [6.45, 7) is 5.39. The zero-order valence-electron chi connectivity index (χ0n) is 14.9. The molecule has 1 heterocycles. The van der Waals surface area contributed by atoms with Gasteiger partial charge in [0.1, 0.15) is 16.9 Å². The Balaban J connectivity index is 2.14. The van der Waals surface area contributed by atoms with Crippen molar-refractivity contribution in [1.29, 1.82) is 0 Å². The number of alkyl halides is 3. The standard InChI is InChI=1S/C18H16F3NO5S/c1-3-22(4-2)11-5-7-13-15(9-11)26-16-10-12(6-8-14(16)17(13)23)27-28(24,25)18(19,20)21/h5-10H,3-4H2,1-2H3. The molecule has 150 valence electrons. The third kappa shape index (κ3) is 3.51. The molecule has 3 rings (SSSR count). The van der Waals surface area contributed by atoms with E-state index in [1.807, 2.05) is 18.7 Å². The summed E-state index contributed by atoms with van der Waals surface area (Å²) < 4.78 is 69.6. The Morgan fingerprint density at radius 1 is 1.00 bits per heavy atom. The number of hydrogen-bond acceptors (Lipinski definition) is 6. The van der Waals surface area contributed by atoms with Gasteiger partial charge in [0.25, 0.3) is 0 Å². The fourth-order valence-corrected chi connectivity index (χ4v) is 3.28. The van der Waals surface area contributed by atoms with Crippen LogP contribution in [0.3, 0.4) is 0 Å². The van der Waals surface area contributed by atoms with Crippen molar-refractivity contribution in [3.63, 3.8) is 0 Å². The number of halogens is 3. The van der Waals surface area contributed by atoms with Gasteiger partial charge in [0, 0.05) is 30.9 Å². The van der Waals surface area contributed by atoms with E-state index in [1.54, 1.807) is 18.2 Å². The summed E-state index contributed by atoms with van der Waals surface area (Å²) in [6, 6.07) is 8.14. The van der Waals surface area contributed by atoms with Crippen LogP contribution >= 0.6 is 0 Å². The molecule has 0 atom stereocenters. The smallest absolute Gasteiger partial charge is 0.456 e. The molecule has 0 aliphatic rings. The van der Waals surface area contributed by atoms with Crippen molar-refractivity contribution in [2.24, 2.45) is 0 Å². The average Bonchev–Trinajstić information content (AvgIpc) is 2.61. The predicted molar refractivity (Wildman–Crippen MR) is 99.2 cm³/mol. The molecule has 0 amide bonds. The van der Waals surface area contributed by atoms with Crippen LogP contribution in [0, 0.1) is 0 Å². The Morgan fingerprint density at radius 3 is 2.14 bits per heavy atom. The quantitative estimate of drug-likeness (QED) is 0.356. The summed E-state index contributed by atoms with van der Waals surface area (Å²) in [7, 11) is -5.82. The van der Waals surface area contributed by atoms with Crippen molar-refractivity contribution in [2.45, 2.75) is 19.4 Å². The Labute approximate surface area is 158 Å². The van der Waals surface area contributed by atoms with E-state index in [0.29, 0.717) is 5.39 Å². The van der Waals surface area contributed by atoms with Gasteiger partial charge in [0.2, 0.25) is 5.43 Å². The maximum atomic E-state index is 12.7. The first-order valence-corrected chi connectivity index (χ1v) is 9.74. The lowest BCUT2D eigenvalue weighted by atomic mass is 10.1. The SMILES string of the molecule is CCN(CC)c1ccc2c(=O)c3ccc(OS(=O)(=O)C(F)(F)F)cc3oc2c1. The Morgan fingerprint density at radius 2 is 1.57 bits per heavy atom. The summed E-state index contributed by atoms with van der Waals surface area (Å²) in [6.07, 6.45) is 0. The van der Waals surface area contributed by atoms with Crippen LogP contribution in [-0.4, -0.2) is 27.0 Å².